The van der Waals surface area contributed by atoms with Gasteiger partial charge in [0.2, 0.25) is 11.7 Å². The number of carbonyl (C=O) groups is 4. The van der Waals surface area contributed by atoms with Gasteiger partial charge >= 0.3 is 0 Å². The van der Waals surface area contributed by atoms with Gasteiger partial charge in [0.1, 0.15) is 53.7 Å². The lowest BCUT2D eigenvalue weighted by molar-refractivity contribution is -0.314. The van der Waals surface area contributed by atoms with E-state index in [0.717, 1.165) is 0 Å². The quantitative estimate of drug-likeness (QED) is 0.0685. The van der Waals surface area contributed by atoms with Crippen molar-refractivity contribution in [1.29, 1.82) is 0 Å². The smallest absolute Gasteiger partial charge is 0.255 e. The molecule has 0 aromatic heterocycles. The molecule has 0 spiro atoms. The van der Waals surface area contributed by atoms with Gasteiger partial charge in [-0.2, -0.15) is 0 Å². The molecule has 74 heavy (non-hydrogen) atoms. The lowest BCUT2D eigenvalue weighted by Crippen LogP contribution is -2.68. The van der Waals surface area contributed by atoms with Crippen molar-refractivity contribution in [3.8, 4) is 5.75 Å². The number of Topliss-reactive ketones (excluding diaryl/α,β-unsaturated/α-hetero) is 2. The molecule has 2 aliphatic heterocycles. The van der Waals surface area contributed by atoms with E-state index in [-0.39, 0.29) is 61.1 Å². The summed E-state index contributed by atoms with van der Waals surface area (Å²) in [5.74, 6) is -7.79. The molecule has 2 heterocycles. The van der Waals surface area contributed by atoms with Crippen LogP contribution in [0.3, 0.4) is 0 Å². The number of likely N-dealkylation sites (N-methyl/N-ethyl adjacent to an activating group) is 1. The normalized spacial score (nSPS) is 37.4. The zero-order chi connectivity index (χ0) is 55.4. The topological polar surface area (TPSA) is 474 Å². The number of hydrogen-bond acceptors (Lipinski definition) is 25. The number of phenolic OH excluding ortho intramolecular Hbond substituents is 1. The first-order chi connectivity index (χ1) is 34.4. The third kappa shape index (κ3) is 11.2. The Kier molecular flexibility index (Phi) is 17.9. The van der Waals surface area contributed by atoms with Gasteiger partial charge in [0.25, 0.3) is 5.91 Å². The van der Waals surface area contributed by atoms with Gasteiger partial charge in [0.15, 0.2) is 29.7 Å². The highest BCUT2D eigenvalue weighted by Gasteiger charge is 2.63. The minimum atomic E-state index is -2.73. The van der Waals surface area contributed by atoms with E-state index in [4.69, 9.17) is 53.3 Å². The summed E-state index contributed by atoms with van der Waals surface area (Å²) in [5.41, 5.74) is 31.7. The zero-order valence-electron chi connectivity index (χ0n) is 42.5. The predicted molar refractivity (Wildman–Crippen MR) is 263 cm³/mol. The van der Waals surface area contributed by atoms with E-state index in [1.54, 1.807) is 39.2 Å². The van der Waals surface area contributed by atoms with Crippen LogP contribution >= 0.6 is 0 Å². The highest BCUT2D eigenvalue weighted by atomic mass is 16.7. The molecule has 27 heteroatoms. The minimum Gasteiger partial charge on any atom is -0.510 e. The summed E-state index contributed by atoms with van der Waals surface area (Å²) in [6, 6.07) is -2.78. The van der Waals surface area contributed by atoms with Gasteiger partial charge in [-0.25, -0.2) is 0 Å². The second-order valence-electron chi connectivity index (χ2n) is 21.4. The van der Waals surface area contributed by atoms with Gasteiger partial charge in [-0.05, 0) is 78.1 Å². The van der Waals surface area contributed by atoms with Crippen LogP contribution in [0.5, 0.6) is 5.75 Å². The number of carbonyl (C=O) groups excluding carboxylic acids is 4. The van der Waals surface area contributed by atoms with Crippen LogP contribution in [0.4, 0.5) is 11.4 Å². The number of amides is 2. The molecule has 3 fully saturated rings. The van der Waals surface area contributed by atoms with Crippen molar-refractivity contribution in [1.82, 2.24) is 10.2 Å². The number of primary amides is 1. The largest absolute Gasteiger partial charge is 0.510 e. The van der Waals surface area contributed by atoms with Gasteiger partial charge < -0.3 is 115 Å². The summed E-state index contributed by atoms with van der Waals surface area (Å²) < 4.78 is 22.7. The number of phenols is 1. The van der Waals surface area contributed by atoms with Crippen molar-refractivity contribution in [3.63, 3.8) is 0 Å². The fraction of sp³-hybridized carbons (Fsp3) is 0.702. The fourth-order valence-corrected chi connectivity index (χ4v) is 10.8. The molecule has 1 aromatic rings. The molecular weight excluding hydrogens is 977 g/mol. The van der Waals surface area contributed by atoms with Crippen LogP contribution in [0.15, 0.2) is 28.7 Å². The molecule has 7 rings (SSSR count). The van der Waals surface area contributed by atoms with Crippen LogP contribution in [0.1, 0.15) is 56.0 Å². The standard InChI is InChI=1S/C29H39N5O8.C18H37N5O9/c1-28(2,3)31-11-17(35)32-15-10-16(33(4)5)13-8-12-9-14-21(34(6)7)24(38)20(27(30)41)26(40)29(14,42)25(39)18(12)23(37)19(13)22(15)36;19-3-9-8(25)2-7(22)17(29-9)31-15-5(20)1-6(21)16(14(15)28)32-18-13(27)11(23)12(26)10(4-24)30-18/h10,12,14,21,31,36,38-39,42H,8-9,11H2,1-7H3,(H2,30,41)(H,32,35);5-18,24-28H,1-4,19-23H2/t12-,14-,21-,29-;5-,6+,7+,8-,9+,10+,11-,12+,13+,14-,15+,16-,17+,18+/m00/s1. The minimum absolute atomic E-state index is 0.0175. The molecule has 27 nitrogen and oxygen atoms in total. The lowest BCUT2D eigenvalue weighted by atomic mass is 9.58. The van der Waals surface area contributed by atoms with Crippen LogP contribution in [-0.2, 0) is 39.8 Å². The third-order valence-corrected chi connectivity index (χ3v) is 14.6. The number of aliphatic hydroxyl groups excluding tert-OH is 7. The van der Waals surface area contributed by atoms with E-state index >= 15 is 0 Å². The Labute approximate surface area is 427 Å². The molecule has 0 unspecified atom stereocenters. The summed E-state index contributed by atoms with van der Waals surface area (Å²) in [4.78, 5) is 55.6. The van der Waals surface area contributed by atoms with Gasteiger partial charge in [-0.1, -0.05) is 0 Å². The van der Waals surface area contributed by atoms with Gasteiger partial charge in [-0.15, -0.1) is 0 Å². The number of aliphatic hydroxyl groups is 8. The van der Waals surface area contributed by atoms with Crippen molar-refractivity contribution in [2.24, 2.45) is 46.2 Å². The van der Waals surface area contributed by atoms with Crippen LogP contribution in [0, 0.1) is 11.8 Å². The number of fused-ring (bicyclic) bond motifs is 3. The van der Waals surface area contributed by atoms with Crippen molar-refractivity contribution in [3.05, 3.63) is 39.9 Å². The number of nitrogens with zero attached hydrogens (tertiary/aromatic N) is 2. The molecular formula is C47H76N10O17. The van der Waals surface area contributed by atoms with Crippen LogP contribution in [0.25, 0.3) is 0 Å². The molecule has 6 aliphatic rings. The molecule has 416 valence electrons. The average molecular weight is 1050 g/mol. The SMILES string of the molecule is CN(C)c1cc(NC(=O)CNC(C)(C)C)c(O)c2c1C[C@H]1C[C@H]3[C@H](N(C)C)C(O)=C(C(N)=O)C(=O)[C@@]3(O)C(O)=C1C2=O.NC[C@H]1O[C@H](O[C@H]2[C@H](O)[C@@H](O[C@H]3O[C@H](CO)[C@@H](O)[C@H](N)[C@H]3O)[C@H](N)C[C@@H]2N)[C@H](N)C[C@@H]1O. The van der Waals surface area contributed by atoms with Crippen molar-refractivity contribution in [2.45, 2.75) is 149 Å². The van der Waals surface area contributed by atoms with Crippen LogP contribution in [-0.4, -0.2) is 225 Å². The monoisotopic (exact) mass is 1050 g/mol. The number of aromatic hydroxyl groups is 1. The Hall–Kier alpha value is -4.50. The summed E-state index contributed by atoms with van der Waals surface area (Å²) in [7, 11) is 6.62. The third-order valence-electron chi connectivity index (χ3n) is 14.6. The maximum absolute atomic E-state index is 14.1. The lowest BCUT2D eigenvalue weighted by Gasteiger charge is -2.50. The van der Waals surface area contributed by atoms with Crippen LogP contribution < -0.4 is 49.9 Å². The molecule has 2 amide bonds. The van der Waals surface area contributed by atoms with E-state index in [1.807, 2.05) is 20.8 Å². The van der Waals surface area contributed by atoms with Gasteiger partial charge in [0, 0.05) is 55.4 Å². The first-order valence-corrected chi connectivity index (χ1v) is 24.3. The van der Waals surface area contributed by atoms with E-state index in [9.17, 15) is 65.1 Å². The number of benzene rings is 1. The van der Waals surface area contributed by atoms with Gasteiger partial charge in [-0.3, -0.25) is 24.1 Å². The Morgan fingerprint density at radius 1 is 0.865 bits per heavy atom. The van der Waals surface area contributed by atoms with E-state index < -0.39 is 162 Å². The summed E-state index contributed by atoms with van der Waals surface area (Å²) >= 11 is 0. The number of nitrogens with one attached hydrogen (secondary N) is 2. The van der Waals surface area contributed by atoms with E-state index in [2.05, 4.69) is 10.6 Å². The van der Waals surface area contributed by atoms with E-state index in [1.165, 1.54) is 4.90 Å². The predicted octanol–water partition coefficient (Wildman–Crippen LogP) is -5.78. The summed E-state index contributed by atoms with van der Waals surface area (Å²) in [6.45, 7) is 5.10. The fourth-order valence-electron chi connectivity index (χ4n) is 10.8. The van der Waals surface area contributed by atoms with Crippen molar-refractivity contribution in [2.75, 3.05) is 58.1 Å². The maximum Gasteiger partial charge on any atom is 0.255 e. The number of nitrogens with two attached hydrogens (primary N) is 6. The number of ketones is 2. The average Bonchev–Trinajstić information content (AvgIpc) is 3.30. The molecule has 0 bridgehead atoms. The molecule has 18 atom stereocenters. The second kappa shape index (κ2) is 22.6. The molecule has 0 radical (unpaired) electrons. The van der Waals surface area contributed by atoms with Crippen LogP contribution in [0.2, 0.25) is 0 Å². The van der Waals surface area contributed by atoms with Crippen molar-refractivity contribution < 1.29 is 84.1 Å². The molecule has 1 saturated carbocycles. The zero-order valence-corrected chi connectivity index (χ0v) is 42.5. The Bertz CT molecular complexity index is 2350. The second-order valence-corrected chi connectivity index (χ2v) is 21.4. The number of rotatable bonds is 12. The van der Waals surface area contributed by atoms with Crippen molar-refractivity contribution >= 4 is 34.8 Å². The Morgan fingerprint density at radius 2 is 1.46 bits per heavy atom. The highest BCUT2D eigenvalue weighted by molar-refractivity contribution is 6.25. The maximum atomic E-state index is 14.1. The van der Waals surface area contributed by atoms with E-state index in [0.29, 0.717) is 11.3 Å². The number of anilines is 2. The summed E-state index contributed by atoms with van der Waals surface area (Å²) in [6.07, 6.45) is -10.6. The molecule has 23 N–H and O–H groups in total. The Balaban J connectivity index is 0.000000250. The summed E-state index contributed by atoms with van der Waals surface area (Å²) in [5, 5.41) is 102. The molecule has 1 aromatic carbocycles. The Morgan fingerprint density at radius 3 is 2.00 bits per heavy atom. The first-order valence-electron chi connectivity index (χ1n) is 24.3. The first kappa shape index (κ1) is 58.8. The highest BCUT2D eigenvalue weighted by Crippen LogP contribution is 2.54. The number of hydrogen-bond donors (Lipinski definition) is 17. The molecule has 2 saturated heterocycles. The molecule has 4 aliphatic carbocycles. The van der Waals surface area contributed by atoms with Gasteiger partial charge in [0.05, 0.1) is 54.7 Å². The number of allylic oxidation sites excluding steroid dienone is 1. The number of ether oxygens (including phenoxy) is 4.